The molecule has 2 heterocycles. The Balaban J connectivity index is 1.26. The summed E-state index contributed by atoms with van der Waals surface area (Å²) < 4.78 is 13.0. The summed E-state index contributed by atoms with van der Waals surface area (Å²) in [5.41, 5.74) is 3.15. The number of aromatic nitrogens is 2. The molecule has 146 valence electrons. The number of imidazole rings is 1. The zero-order valence-corrected chi connectivity index (χ0v) is 15.5. The zero-order chi connectivity index (χ0) is 19.5. The Hall–Kier alpha value is -3.09. The van der Waals surface area contributed by atoms with E-state index in [1.54, 1.807) is 6.07 Å². The van der Waals surface area contributed by atoms with E-state index in [2.05, 4.69) is 15.3 Å². The number of piperidine rings is 1. The minimum Gasteiger partial charge on any atom is -0.376 e. The first-order valence-electron chi connectivity index (χ1n) is 9.55. The van der Waals surface area contributed by atoms with Gasteiger partial charge in [-0.2, -0.15) is 0 Å². The lowest BCUT2D eigenvalue weighted by Gasteiger charge is -2.32. The van der Waals surface area contributed by atoms with Gasteiger partial charge in [0.2, 0.25) is 5.91 Å². The minimum atomic E-state index is -0.244. The SMILES string of the molecule is O=C(CNc1ccc2[nH]c(=O)[nH]c2c1)N1CCC(Cc2ccc(F)cc2)CC1. The molecule has 1 aliphatic heterocycles. The average Bonchev–Trinajstić information content (AvgIpc) is 3.08. The number of rotatable bonds is 5. The molecule has 0 unspecified atom stereocenters. The Labute approximate surface area is 161 Å². The van der Waals surface area contributed by atoms with Crippen molar-refractivity contribution in [2.45, 2.75) is 19.3 Å². The van der Waals surface area contributed by atoms with Crippen LogP contribution in [0, 0.1) is 11.7 Å². The highest BCUT2D eigenvalue weighted by atomic mass is 19.1. The molecule has 7 heteroatoms. The predicted octanol–water partition coefficient (Wildman–Crippen LogP) is 2.89. The van der Waals surface area contributed by atoms with Crippen LogP contribution in [0.25, 0.3) is 11.0 Å². The molecule has 1 amide bonds. The molecule has 0 spiro atoms. The summed E-state index contributed by atoms with van der Waals surface area (Å²) >= 11 is 0. The number of carbonyl (C=O) groups is 1. The number of hydrogen-bond acceptors (Lipinski definition) is 3. The van der Waals surface area contributed by atoms with Crippen molar-refractivity contribution in [3.05, 3.63) is 64.3 Å². The second-order valence-electron chi connectivity index (χ2n) is 7.35. The average molecular weight is 382 g/mol. The lowest BCUT2D eigenvalue weighted by Crippen LogP contribution is -2.41. The quantitative estimate of drug-likeness (QED) is 0.635. The molecule has 0 bridgehead atoms. The maximum atomic E-state index is 13.0. The summed E-state index contributed by atoms with van der Waals surface area (Å²) in [7, 11) is 0. The van der Waals surface area contributed by atoms with E-state index in [9.17, 15) is 14.0 Å². The first-order chi connectivity index (χ1) is 13.6. The van der Waals surface area contributed by atoms with Gasteiger partial charge in [-0.3, -0.25) is 4.79 Å². The van der Waals surface area contributed by atoms with Gasteiger partial charge in [0.15, 0.2) is 0 Å². The number of carbonyl (C=O) groups excluding carboxylic acids is 1. The minimum absolute atomic E-state index is 0.0721. The van der Waals surface area contributed by atoms with Crippen molar-refractivity contribution in [3.8, 4) is 0 Å². The molecule has 2 aromatic carbocycles. The standard InChI is InChI=1S/C21H23FN4O2/c22-16-3-1-14(2-4-16)11-15-7-9-26(10-8-15)20(27)13-23-17-5-6-18-19(12-17)25-21(28)24-18/h1-6,12,15,23H,7-11,13H2,(H2,24,25,28). The normalized spacial score (nSPS) is 15.1. The largest absolute Gasteiger partial charge is 0.376 e. The Morgan fingerprint density at radius 2 is 1.79 bits per heavy atom. The van der Waals surface area contributed by atoms with Crippen molar-refractivity contribution >= 4 is 22.6 Å². The van der Waals surface area contributed by atoms with Crippen LogP contribution in [-0.2, 0) is 11.2 Å². The number of H-pyrrole nitrogens is 2. The smallest absolute Gasteiger partial charge is 0.323 e. The van der Waals surface area contributed by atoms with Crippen LogP contribution in [-0.4, -0.2) is 40.4 Å². The van der Waals surface area contributed by atoms with Crippen LogP contribution in [0.3, 0.4) is 0 Å². The van der Waals surface area contributed by atoms with E-state index in [0.717, 1.165) is 49.1 Å². The zero-order valence-electron chi connectivity index (χ0n) is 15.5. The van der Waals surface area contributed by atoms with Gasteiger partial charge in [0.05, 0.1) is 17.6 Å². The highest BCUT2D eigenvalue weighted by Gasteiger charge is 2.22. The molecule has 1 saturated heterocycles. The molecule has 3 aromatic rings. The summed E-state index contributed by atoms with van der Waals surface area (Å²) in [5, 5.41) is 3.14. The third-order valence-electron chi connectivity index (χ3n) is 5.36. The molecule has 4 rings (SSSR count). The number of aromatic amines is 2. The van der Waals surface area contributed by atoms with Crippen LogP contribution in [0.15, 0.2) is 47.3 Å². The summed E-state index contributed by atoms with van der Waals surface area (Å²) in [5.74, 6) is 0.386. The lowest BCUT2D eigenvalue weighted by molar-refractivity contribution is -0.130. The fourth-order valence-electron chi connectivity index (χ4n) is 3.77. The molecule has 3 N–H and O–H groups in total. The van der Waals surface area contributed by atoms with Crippen LogP contribution in [0.1, 0.15) is 18.4 Å². The highest BCUT2D eigenvalue weighted by Crippen LogP contribution is 2.22. The molecule has 28 heavy (non-hydrogen) atoms. The van der Waals surface area contributed by atoms with Crippen molar-refractivity contribution in [1.29, 1.82) is 0 Å². The Morgan fingerprint density at radius 3 is 2.54 bits per heavy atom. The number of halogens is 1. The number of hydrogen-bond donors (Lipinski definition) is 3. The molecule has 0 aliphatic carbocycles. The fourth-order valence-corrected chi connectivity index (χ4v) is 3.77. The van der Waals surface area contributed by atoms with E-state index in [1.165, 1.54) is 12.1 Å². The molecule has 1 fully saturated rings. The number of likely N-dealkylation sites (tertiary alicyclic amines) is 1. The van der Waals surface area contributed by atoms with Crippen molar-refractivity contribution in [2.75, 3.05) is 25.0 Å². The van der Waals surface area contributed by atoms with E-state index in [0.29, 0.717) is 11.4 Å². The molecule has 0 saturated carbocycles. The Kier molecular flexibility index (Phi) is 5.14. The molecule has 1 aromatic heterocycles. The van der Waals surface area contributed by atoms with Crippen molar-refractivity contribution < 1.29 is 9.18 Å². The van der Waals surface area contributed by atoms with E-state index in [4.69, 9.17) is 0 Å². The number of fused-ring (bicyclic) bond motifs is 1. The van der Waals surface area contributed by atoms with Gasteiger partial charge in [-0.25, -0.2) is 9.18 Å². The number of anilines is 1. The monoisotopic (exact) mass is 382 g/mol. The molecular weight excluding hydrogens is 359 g/mol. The lowest BCUT2D eigenvalue weighted by atomic mass is 9.90. The molecule has 0 atom stereocenters. The van der Waals surface area contributed by atoms with Gasteiger partial charge in [-0.05, 0) is 61.1 Å². The van der Waals surface area contributed by atoms with Crippen LogP contribution in [0.5, 0.6) is 0 Å². The second-order valence-corrected chi connectivity index (χ2v) is 7.35. The summed E-state index contributed by atoms with van der Waals surface area (Å²) in [6.45, 7) is 1.72. The topological polar surface area (TPSA) is 81.0 Å². The van der Waals surface area contributed by atoms with E-state index < -0.39 is 0 Å². The highest BCUT2D eigenvalue weighted by molar-refractivity contribution is 5.83. The van der Waals surface area contributed by atoms with Crippen molar-refractivity contribution in [1.82, 2.24) is 14.9 Å². The third kappa shape index (κ3) is 4.24. The van der Waals surface area contributed by atoms with E-state index in [1.807, 2.05) is 29.2 Å². The van der Waals surface area contributed by atoms with E-state index >= 15 is 0 Å². The van der Waals surface area contributed by atoms with Gasteiger partial charge in [-0.1, -0.05) is 12.1 Å². The maximum Gasteiger partial charge on any atom is 0.323 e. The van der Waals surface area contributed by atoms with Crippen LogP contribution < -0.4 is 11.0 Å². The predicted molar refractivity (Wildman–Crippen MR) is 107 cm³/mol. The van der Waals surface area contributed by atoms with Gasteiger partial charge in [-0.15, -0.1) is 0 Å². The van der Waals surface area contributed by atoms with Gasteiger partial charge in [0.25, 0.3) is 0 Å². The number of nitrogens with one attached hydrogen (secondary N) is 3. The van der Waals surface area contributed by atoms with Gasteiger partial charge < -0.3 is 20.2 Å². The van der Waals surface area contributed by atoms with Crippen LogP contribution in [0.4, 0.5) is 10.1 Å². The molecule has 1 aliphatic rings. The Morgan fingerprint density at radius 1 is 1.07 bits per heavy atom. The molecule has 0 radical (unpaired) electrons. The number of nitrogens with zero attached hydrogens (tertiary/aromatic N) is 1. The summed E-state index contributed by atoms with van der Waals surface area (Å²) in [6, 6.07) is 12.1. The van der Waals surface area contributed by atoms with Crippen molar-refractivity contribution in [3.63, 3.8) is 0 Å². The van der Waals surface area contributed by atoms with Crippen LogP contribution >= 0.6 is 0 Å². The summed E-state index contributed by atoms with van der Waals surface area (Å²) in [4.78, 5) is 31.1. The maximum absolute atomic E-state index is 13.0. The molecular formula is C21H23FN4O2. The van der Waals surface area contributed by atoms with Gasteiger partial charge in [0.1, 0.15) is 5.82 Å². The third-order valence-corrected chi connectivity index (χ3v) is 5.36. The van der Waals surface area contributed by atoms with E-state index in [-0.39, 0.29) is 24.0 Å². The second kappa shape index (κ2) is 7.88. The molecule has 6 nitrogen and oxygen atoms in total. The van der Waals surface area contributed by atoms with Crippen LogP contribution in [0.2, 0.25) is 0 Å². The number of benzene rings is 2. The Bertz CT molecular complexity index is 1020. The van der Waals surface area contributed by atoms with Gasteiger partial charge in [0, 0.05) is 18.8 Å². The number of amides is 1. The fraction of sp³-hybridized carbons (Fsp3) is 0.333. The first-order valence-corrected chi connectivity index (χ1v) is 9.55. The van der Waals surface area contributed by atoms with Gasteiger partial charge >= 0.3 is 5.69 Å². The first kappa shape index (κ1) is 18.3. The van der Waals surface area contributed by atoms with Crippen molar-refractivity contribution in [2.24, 2.45) is 5.92 Å². The summed E-state index contributed by atoms with van der Waals surface area (Å²) in [6.07, 6.45) is 2.84.